The van der Waals surface area contributed by atoms with Crippen molar-refractivity contribution < 1.29 is 19.4 Å². The van der Waals surface area contributed by atoms with E-state index in [-0.39, 0.29) is 6.54 Å². The van der Waals surface area contributed by atoms with Gasteiger partial charge in [-0.2, -0.15) is 11.8 Å². The van der Waals surface area contributed by atoms with Crippen LogP contribution < -0.4 is 0 Å². The molecule has 1 amide bonds. The molecule has 1 aromatic carbocycles. The summed E-state index contributed by atoms with van der Waals surface area (Å²) in [6.45, 7) is 2.30. The molecule has 0 saturated carbocycles. The molecule has 0 aliphatic carbocycles. The van der Waals surface area contributed by atoms with Gasteiger partial charge in [0.25, 0.3) is 0 Å². The molecule has 1 rings (SSSR count). The SMILES string of the molecule is CCCCSCC[C@@H](C(=O)OC)N(Cc1ccccc1)C(=O)O. The number of ether oxygens (including phenoxy) is 1. The number of carboxylic acid groups (broad SMARTS) is 1. The standard InChI is InChI=1S/C17H25NO4S/c1-3-4-11-23-12-10-15(16(19)22-2)18(17(20)21)13-14-8-6-5-7-9-14/h5-9,15H,3-4,10-13H2,1-2H3,(H,20,21)/t15-/m0/s1. The summed E-state index contributed by atoms with van der Waals surface area (Å²) in [5.41, 5.74) is 0.849. The maximum atomic E-state index is 12.0. The first-order valence-electron chi connectivity index (χ1n) is 7.79. The number of unbranched alkanes of at least 4 members (excludes halogenated alkanes) is 1. The van der Waals surface area contributed by atoms with Gasteiger partial charge in [-0.25, -0.2) is 9.59 Å². The second kappa shape index (κ2) is 10.9. The number of benzene rings is 1. The van der Waals surface area contributed by atoms with Crippen molar-refractivity contribution in [2.24, 2.45) is 0 Å². The van der Waals surface area contributed by atoms with Crippen molar-refractivity contribution in [3.05, 3.63) is 35.9 Å². The van der Waals surface area contributed by atoms with Crippen LogP contribution in [-0.2, 0) is 16.1 Å². The Labute approximate surface area is 142 Å². The van der Waals surface area contributed by atoms with Crippen LogP contribution >= 0.6 is 11.8 Å². The van der Waals surface area contributed by atoms with E-state index in [1.54, 1.807) is 11.8 Å². The van der Waals surface area contributed by atoms with Crippen molar-refractivity contribution >= 4 is 23.8 Å². The van der Waals surface area contributed by atoms with Crippen LogP contribution in [0.5, 0.6) is 0 Å². The summed E-state index contributed by atoms with van der Waals surface area (Å²) in [5.74, 6) is 1.26. The molecule has 23 heavy (non-hydrogen) atoms. The van der Waals surface area contributed by atoms with Gasteiger partial charge in [-0.1, -0.05) is 43.7 Å². The second-order valence-electron chi connectivity index (χ2n) is 5.19. The van der Waals surface area contributed by atoms with Crippen molar-refractivity contribution in [1.82, 2.24) is 4.90 Å². The van der Waals surface area contributed by atoms with Crippen LogP contribution in [-0.4, -0.2) is 46.7 Å². The second-order valence-corrected chi connectivity index (χ2v) is 6.41. The highest BCUT2D eigenvalue weighted by molar-refractivity contribution is 7.99. The van der Waals surface area contributed by atoms with E-state index in [0.29, 0.717) is 6.42 Å². The molecule has 0 unspecified atom stereocenters. The van der Waals surface area contributed by atoms with Crippen LogP contribution in [0.4, 0.5) is 4.79 Å². The largest absolute Gasteiger partial charge is 0.467 e. The Kier molecular flexibility index (Phi) is 9.21. The normalized spacial score (nSPS) is 11.7. The molecule has 128 valence electrons. The summed E-state index contributed by atoms with van der Waals surface area (Å²) in [4.78, 5) is 24.8. The zero-order valence-corrected chi connectivity index (χ0v) is 14.6. The third-order valence-corrected chi connectivity index (χ3v) is 4.57. The molecule has 0 heterocycles. The first-order chi connectivity index (χ1) is 11.1. The van der Waals surface area contributed by atoms with Crippen LogP contribution in [0.15, 0.2) is 30.3 Å². The van der Waals surface area contributed by atoms with Crippen molar-refractivity contribution in [2.75, 3.05) is 18.6 Å². The van der Waals surface area contributed by atoms with Crippen LogP contribution in [0, 0.1) is 0 Å². The van der Waals surface area contributed by atoms with E-state index in [1.165, 1.54) is 12.0 Å². The summed E-state index contributed by atoms with van der Waals surface area (Å²) >= 11 is 1.74. The maximum absolute atomic E-state index is 12.0. The molecule has 0 aliphatic heterocycles. The Morgan fingerprint density at radius 3 is 2.52 bits per heavy atom. The van der Waals surface area contributed by atoms with Crippen molar-refractivity contribution in [2.45, 2.75) is 38.8 Å². The first-order valence-corrected chi connectivity index (χ1v) is 8.94. The van der Waals surface area contributed by atoms with Crippen molar-refractivity contribution in [1.29, 1.82) is 0 Å². The minimum Gasteiger partial charge on any atom is -0.467 e. The number of nitrogens with zero attached hydrogens (tertiary/aromatic N) is 1. The summed E-state index contributed by atoms with van der Waals surface area (Å²) in [7, 11) is 1.29. The van der Waals surface area contributed by atoms with Gasteiger partial charge in [0.15, 0.2) is 0 Å². The van der Waals surface area contributed by atoms with Gasteiger partial charge < -0.3 is 9.84 Å². The van der Waals surface area contributed by atoms with Gasteiger partial charge >= 0.3 is 12.1 Å². The zero-order chi connectivity index (χ0) is 17.1. The number of hydrogen-bond donors (Lipinski definition) is 1. The number of carbonyl (C=O) groups is 2. The molecule has 0 aliphatic rings. The number of carbonyl (C=O) groups excluding carboxylic acids is 1. The Morgan fingerprint density at radius 2 is 1.96 bits per heavy atom. The Balaban J connectivity index is 2.74. The Hall–Kier alpha value is -1.69. The predicted octanol–water partition coefficient (Wildman–Crippen LogP) is 3.63. The summed E-state index contributed by atoms with van der Waals surface area (Å²) in [5, 5.41) is 9.50. The van der Waals surface area contributed by atoms with E-state index >= 15 is 0 Å². The number of amides is 1. The van der Waals surface area contributed by atoms with Gasteiger partial charge in [0.05, 0.1) is 7.11 Å². The molecule has 0 fully saturated rings. The molecule has 0 spiro atoms. The molecule has 0 radical (unpaired) electrons. The van der Waals surface area contributed by atoms with E-state index in [4.69, 9.17) is 4.74 Å². The topological polar surface area (TPSA) is 66.8 Å². The monoisotopic (exact) mass is 339 g/mol. The molecule has 0 bridgehead atoms. The lowest BCUT2D eigenvalue weighted by atomic mass is 10.1. The van der Waals surface area contributed by atoms with Gasteiger partial charge in [0, 0.05) is 6.54 Å². The summed E-state index contributed by atoms with van der Waals surface area (Å²) in [6, 6.07) is 8.50. The fourth-order valence-electron chi connectivity index (χ4n) is 2.17. The molecule has 5 nitrogen and oxygen atoms in total. The lowest BCUT2D eigenvalue weighted by molar-refractivity contribution is -0.146. The number of methoxy groups -OCH3 is 1. The van der Waals surface area contributed by atoms with E-state index in [0.717, 1.165) is 29.9 Å². The van der Waals surface area contributed by atoms with Crippen LogP contribution in [0.25, 0.3) is 0 Å². The highest BCUT2D eigenvalue weighted by atomic mass is 32.2. The smallest absolute Gasteiger partial charge is 0.408 e. The Morgan fingerprint density at radius 1 is 1.26 bits per heavy atom. The Bertz CT molecular complexity index is 481. The summed E-state index contributed by atoms with van der Waals surface area (Å²) < 4.78 is 4.81. The number of esters is 1. The zero-order valence-electron chi connectivity index (χ0n) is 13.7. The average Bonchev–Trinajstić information content (AvgIpc) is 2.56. The molecule has 0 aromatic heterocycles. The first kappa shape index (κ1) is 19.4. The van der Waals surface area contributed by atoms with E-state index in [9.17, 15) is 14.7 Å². The van der Waals surface area contributed by atoms with Crippen molar-refractivity contribution in [3.63, 3.8) is 0 Å². The molecular formula is C17H25NO4S. The minimum absolute atomic E-state index is 0.176. The van der Waals surface area contributed by atoms with Gasteiger partial charge in [0.1, 0.15) is 6.04 Å². The molecule has 6 heteroatoms. The highest BCUT2D eigenvalue weighted by Gasteiger charge is 2.30. The van der Waals surface area contributed by atoms with Crippen LogP contribution in [0.1, 0.15) is 31.7 Å². The molecular weight excluding hydrogens is 314 g/mol. The fraction of sp³-hybridized carbons (Fsp3) is 0.529. The average molecular weight is 339 g/mol. The van der Waals surface area contributed by atoms with Crippen LogP contribution in [0.3, 0.4) is 0 Å². The molecule has 1 atom stereocenters. The quantitative estimate of drug-likeness (QED) is 0.521. The third-order valence-electron chi connectivity index (χ3n) is 3.47. The molecule has 1 N–H and O–H groups in total. The lowest BCUT2D eigenvalue weighted by Crippen LogP contribution is -2.45. The highest BCUT2D eigenvalue weighted by Crippen LogP contribution is 2.16. The lowest BCUT2D eigenvalue weighted by Gasteiger charge is -2.27. The van der Waals surface area contributed by atoms with E-state index in [2.05, 4.69) is 6.92 Å². The fourth-order valence-corrected chi connectivity index (χ4v) is 3.26. The van der Waals surface area contributed by atoms with Gasteiger partial charge in [-0.3, -0.25) is 4.90 Å². The van der Waals surface area contributed by atoms with Gasteiger partial charge in [0.2, 0.25) is 0 Å². The van der Waals surface area contributed by atoms with E-state index < -0.39 is 18.1 Å². The van der Waals surface area contributed by atoms with Gasteiger partial charge in [-0.15, -0.1) is 0 Å². The van der Waals surface area contributed by atoms with Gasteiger partial charge in [-0.05, 0) is 29.9 Å². The summed E-state index contributed by atoms with van der Waals surface area (Å²) in [6.07, 6.45) is 1.60. The van der Waals surface area contributed by atoms with Crippen molar-refractivity contribution in [3.8, 4) is 0 Å². The molecule has 0 saturated heterocycles. The van der Waals surface area contributed by atoms with E-state index in [1.807, 2.05) is 30.3 Å². The predicted molar refractivity (Wildman–Crippen MR) is 92.7 cm³/mol. The molecule has 1 aromatic rings. The number of rotatable bonds is 10. The maximum Gasteiger partial charge on any atom is 0.408 e. The number of hydrogen-bond acceptors (Lipinski definition) is 4. The van der Waals surface area contributed by atoms with Crippen LogP contribution in [0.2, 0.25) is 0 Å². The minimum atomic E-state index is -1.11. The third kappa shape index (κ3) is 6.95. The number of thioether (sulfide) groups is 1.